The minimum Gasteiger partial charge on any atom is -0.427 e. The third-order valence-corrected chi connectivity index (χ3v) is 3.61. The molecule has 0 aromatic heterocycles. The number of rotatable bonds is 6. The van der Waals surface area contributed by atoms with E-state index in [4.69, 9.17) is 9.47 Å². The Labute approximate surface area is 153 Å². The van der Waals surface area contributed by atoms with Gasteiger partial charge in [-0.1, -0.05) is 42.8 Å². The minimum absolute atomic E-state index is 0.288. The Hall–Kier alpha value is -3.14. The summed E-state index contributed by atoms with van der Waals surface area (Å²) in [6, 6.07) is 13.5. The lowest BCUT2D eigenvalue weighted by molar-refractivity contribution is 0.0616. The van der Waals surface area contributed by atoms with Crippen molar-refractivity contribution in [2.75, 3.05) is 0 Å². The first-order valence-corrected chi connectivity index (χ1v) is 8.46. The van der Waals surface area contributed by atoms with Crippen molar-refractivity contribution >= 4 is 11.9 Å². The number of benzene rings is 2. The Morgan fingerprint density at radius 3 is 2.27 bits per heavy atom. The number of esters is 2. The molecule has 0 aliphatic carbocycles. The second kappa shape index (κ2) is 9.37. The van der Waals surface area contributed by atoms with Crippen LogP contribution in [0.2, 0.25) is 0 Å². The highest BCUT2D eigenvalue weighted by Gasteiger charge is 2.14. The first-order valence-electron chi connectivity index (χ1n) is 8.46. The van der Waals surface area contributed by atoms with Crippen molar-refractivity contribution < 1.29 is 19.1 Å². The van der Waals surface area contributed by atoms with Crippen molar-refractivity contribution in [3.05, 3.63) is 89.2 Å². The molecular formula is C22H22O4. The van der Waals surface area contributed by atoms with Crippen LogP contribution in [-0.2, 0) is 4.74 Å². The number of hydrogen-bond acceptors (Lipinski definition) is 4. The predicted octanol–water partition coefficient (Wildman–Crippen LogP) is 5.24. The van der Waals surface area contributed by atoms with Crippen LogP contribution in [0.15, 0.2) is 72.5 Å². The summed E-state index contributed by atoms with van der Waals surface area (Å²) in [6.45, 7) is 5.74. The van der Waals surface area contributed by atoms with E-state index < -0.39 is 11.9 Å². The van der Waals surface area contributed by atoms with Gasteiger partial charge in [0.2, 0.25) is 0 Å². The zero-order valence-corrected chi connectivity index (χ0v) is 15.2. The van der Waals surface area contributed by atoms with Crippen LogP contribution >= 0.6 is 0 Å². The predicted molar refractivity (Wildman–Crippen MR) is 101 cm³/mol. The average molecular weight is 350 g/mol. The highest BCUT2D eigenvalue weighted by Crippen LogP contribution is 2.16. The van der Waals surface area contributed by atoms with E-state index in [0.29, 0.717) is 23.5 Å². The SMILES string of the molecule is C/C=C\C=C(/CC)OC(=O)c1cccc(C(=O)Oc2ccc(C)cc2)c1. The highest BCUT2D eigenvalue weighted by atomic mass is 16.5. The first kappa shape index (κ1) is 19.2. The fourth-order valence-electron chi connectivity index (χ4n) is 2.15. The van der Waals surface area contributed by atoms with Gasteiger partial charge in [0.1, 0.15) is 11.5 Å². The topological polar surface area (TPSA) is 52.6 Å². The van der Waals surface area contributed by atoms with Crippen LogP contribution < -0.4 is 4.74 Å². The molecule has 0 spiro atoms. The zero-order valence-electron chi connectivity index (χ0n) is 15.2. The lowest BCUT2D eigenvalue weighted by Gasteiger charge is -2.08. The maximum atomic E-state index is 12.3. The molecule has 0 heterocycles. The van der Waals surface area contributed by atoms with Gasteiger partial charge in [0.15, 0.2) is 0 Å². The van der Waals surface area contributed by atoms with Crippen LogP contribution in [0.1, 0.15) is 46.5 Å². The molecule has 0 saturated carbocycles. The average Bonchev–Trinajstić information content (AvgIpc) is 2.66. The van der Waals surface area contributed by atoms with Crippen LogP contribution in [0.25, 0.3) is 0 Å². The van der Waals surface area contributed by atoms with E-state index in [1.807, 2.05) is 45.1 Å². The molecule has 2 aromatic carbocycles. The smallest absolute Gasteiger partial charge is 0.343 e. The van der Waals surface area contributed by atoms with Crippen LogP contribution in [-0.4, -0.2) is 11.9 Å². The van der Waals surface area contributed by atoms with E-state index in [-0.39, 0.29) is 5.56 Å². The summed E-state index contributed by atoms with van der Waals surface area (Å²) < 4.78 is 10.7. The monoisotopic (exact) mass is 350 g/mol. The maximum Gasteiger partial charge on any atom is 0.343 e. The van der Waals surface area contributed by atoms with Gasteiger partial charge < -0.3 is 9.47 Å². The van der Waals surface area contributed by atoms with Crippen LogP contribution in [0.5, 0.6) is 5.75 Å². The summed E-state index contributed by atoms with van der Waals surface area (Å²) in [5, 5.41) is 0. The van der Waals surface area contributed by atoms with Gasteiger partial charge in [0.05, 0.1) is 11.1 Å². The molecular weight excluding hydrogens is 328 g/mol. The number of carbonyl (C=O) groups is 2. The Balaban J connectivity index is 2.12. The second-order valence-electron chi connectivity index (χ2n) is 5.69. The van der Waals surface area contributed by atoms with Gasteiger partial charge >= 0.3 is 11.9 Å². The molecule has 0 bridgehead atoms. The molecule has 0 N–H and O–H groups in total. The van der Waals surface area contributed by atoms with Gasteiger partial charge in [0.25, 0.3) is 0 Å². The van der Waals surface area contributed by atoms with Crippen molar-refractivity contribution in [2.45, 2.75) is 27.2 Å². The van der Waals surface area contributed by atoms with Crippen molar-refractivity contribution in [3.63, 3.8) is 0 Å². The Kier molecular flexibility index (Phi) is 6.92. The quantitative estimate of drug-likeness (QED) is 0.309. The second-order valence-corrected chi connectivity index (χ2v) is 5.69. The van der Waals surface area contributed by atoms with E-state index >= 15 is 0 Å². The molecule has 0 unspecified atom stereocenters. The normalized spacial score (nSPS) is 11.4. The van der Waals surface area contributed by atoms with Gasteiger partial charge in [-0.2, -0.15) is 0 Å². The molecule has 4 heteroatoms. The summed E-state index contributed by atoms with van der Waals surface area (Å²) in [5.74, 6) is -0.0202. The standard InChI is InChI=1S/C22H22O4/c1-4-6-10-19(5-2)25-21(23)17-8-7-9-18(15-17)22(24)26-20-13-11-16(3)12-14-20/h4,6-15H,5H2,1-3H3/b6-4-,19-10+. The summed E-state index contributed by atoms with van der Waals surface area (Å²) >= 11 is 0. The third-order valence-electron chi connectivity index (χ3n) is 3.61. The number of hydrogen-bond donors (Lipinski definition) is 0. The Morgan fingerprint density at radius 2 is 1.65 bits per heavy atom. The molecule has 0 saturated heterocycles. The van der Waals surface area contributed by atoms with Crippen LogP contribution in [0, 0.1) is 6.92 Å². The summed E-state index contributed by atoms with van der Waals surface area (Å²) in [5.41, 5.74) is 1.66. The molecule has 134 valence electrons. The molecule has 26 heavy (non-hydrogen) atoms. The molecule has 0 radical (unpaired) electrons. The molecule has 0 atom stereocenters. The number of aryl methyl sites for hydroxylation is 1. The van der Waals surface area contributed by atoms with E-state index in [1.54, 1.807) is 36.4 Å². The minimum atomic E-state index is -0.524. The van der Waals surface area contributed by atoms with Crippen molar-refractivity contribution in [1.82, 2.24) is 0 Å². The van der Waals surface area contributed by atoms with Crippen molar-refractivity contribution in [3.8, 4) is 5.75 Å². The van der Waals surface area contributed by atoms with Crippen molar-refractivity contribution in [1.29, 1.82) is 0 Å². The van der Waals surface area contributed by atoms with E-state index in [9.17, 15) is 9.59 Å². The molecule has 0 fully saturated rings. The van der Waals surface area contributed by atoms with Crippen molar-refractivity contribution in [2.24, 2.45) is 0 Å². The van der Waals surface area contributed by atoms with Gasteiger partial charge in [-0.25, -0.2) is 9.59 Å². The summed E-state index contributed by atoms with van der Waals surface area (Å²) in [7, 11) is 0. The van der Waals surface area contributed by atoms with E-state index in [2.05, 4.69) is 0 Å². The number of carbonyl (C=O) groups excluding carboxylic acids is 2. The maximum absolute atomic E-state index is 12.3. The van der Waals surface area contributed by atoms with Crippen LogP contribution in [0.4, 0.5) is 0 Å². The Morgan fingerprint density at radius 1 is 1.00 bits per heavy atom. The number of ether oxygens (including phenoxy) is 2. The molecule has 0 aliphatic heterocycles. The summed E-state index contributed by atoms with van der Waals surface area (Å²) in [4.78, 5) is 24.6. The van der Waals surface area contributed by atoms with Gasteiger partial charge in [-0.3, -0.25) is 0 Å². The molecule has 4 nitrogen and oxygen atoms in total. The fourth-order valence-corrected chi connectivity index (χ4v) is 2.15. The summed E-state index contributed by atoms with van der Waals surface area (Å²) in [6.07, 6.45) is 5.99. The third kappa shape index (κ3) is 5.45. The van der Waals surface area contributed by atoms with E-state index in [1.165, 1.54) is 6.07 Å². The van der Waals surface area contributed by atoms with Crippen LogP contribution in [0.3, 0.4) is 0 Å². The first-order chi connectivity index (χ1) is 12.5. The Bertz CT molecular complexity index is 829. The fraction of sp³-hybridized carbons (Fsp3) is 0.182. The largest absolute Gasteiger partial charge is 0.427 e. The van der Waals surface area contributed by atoms with E-state index in [0.717, 1.165) is 5.56 Å². The van der Waals surface area contributed by atoms with Gasteiger partial charge in [0, 0.05) is 6.42 Å². The van der Waals surface area contributed by atoms with Gasteiger partial charge in [-0.05, 0) is 50.3 Å². The number of allylic oxidation sites excluding steroid dienone is 4. The lowest BCUT2D eigenvalue weighted by atomic mass is 10.1. The molecule has 0 amide bonds. The molecule has 2 aromatic rings. The zero-order chi connectivity index (χ0) is 18.9. The highest BCUT2D eigenvalue weighted by molar-refractivity contribution is 5.96. The molecule has 2 rings (SSSR count). The lowest BCUT2D eigenvalue weighted by Crippen LogP contribution is -2.11. The van der Waals surface area contributed by atoms with Gasteiger partial charge in [-0.15, -0.1) is 0 Å². The molecule has 0 aliphatic rings.